The average Bonchev–Trinajstić information content (AvgIpc) is 2.75. The van der Waals surface area contributed by atoms with Crippen LogP contribution in [0.5, 0.6) is 0 Å². The van der Waals surface area contributed by atoms with Crippen molar-refractivity contribution in [1.82, 2.24) is 0 Å². The van der Waals surface area contributed by atoms with Gasteiger partial charge >= 0.3 is 0 Å². The Balaban J connectivity index is 2.02. The van der Waals surface area contributed by atoms with Crippen LogP contribution in [0.1, 0.15) is 52.9 Å². The Bertz CT molecular complexity index is 236. The molecule has 2 saturated carbocycles. The highest BCUT2D eigenvalue weighted by Crippen LogP contribution is 2.53. The minimum Gasteiger partial charge on any atom is -0.0689 e. The molecule has 5 atom stereocenters. The van der Waals surface area contributed by atoms with Gasteiger partial charge in [0.2, 0.25) is 0 Å². The van der Waals surface area contributed by atoms with Crippen molar-refractivity contribution in [2.45, 2.75) is 77.1 Å². The predicted octanol–water partition coefficient (Wildman–Crippen LogP) is 5.32. The van der Waals surface area contributed by atoms with Crippen LogP contribution in [0, 0.1) is 17.8 Å². The second-order valence-corrected chi connectivity index (χ2v) is 12.8. The van der Waals surface area contributed by atoms with Crippen LogP contribution in [0.2, 0.25) is 24.2 Å². The van der Waals surface area contributed by atoms with Gasteiger partial charge in [0.15, 0.2) is 0 Å². The van der Waals surface area contributed by atoms with E-state index >= 15 is 0 Å². The first kappa shape index (κ1) is 12.7. The lowest BCUT2D eigenvalue weighted by atomic mass is 10.0. The van der Waals surface area contributed by atoms with Crippen LogP contribution in [0.3, 0.4) is 0 Å². The Morgan fingerprint density at radius 3 is 1.75 bits per heavy atom. The summed E-state index contributed by atoms with van der Waals surface area (Å²) in [5, 5.41) is 0. The van der Waals surface area contributed by atoms with Gasteiger partial charge in [-0.2, -0.15) is 0 Å². The molecular formula is C15H30Si. The summed E-state index contributed by atoms with van der Waals surface area (Å²) in [7, 11) is -0.963. The summed E-state index contributed by atoms with van der Waals surface area (Å²) in [4.78, 5) is 0. The molecule has 0 bridgehead atoms. The summed E-state index contributed by atoms with van der Waals surface area (Å²) in [6.07, 6.45) is 7.72. The maximum Gasteiger partial charge on any atom is 0.0536 e. The van der Waals surface area contributed by atoms with Crippen molar-refractivity contribution >= 4 is 8.07 Å². The van der Waals surface area contributed by atoms with Crippen LogP contribution in [0.25, 0.3) is 0 Å². The third kappa shape index (κ3) is 2.25. The largest absolute Gasteiger partial charge is 0.0689 e. The molecule has 0 N–H and O–H groups in total. The van der Waals surface area contributed by atoms with Crippen LogP contribution in [0.15, 0.2) is 0 Å². The van der Waals surface area contributed by atoms with Gasteiger partial charge in [-0.1, -0.05) is 53.1 Å². The molecule has 0 saturated heterocycles. The molecule has 2 aliphatic rings. The summed E-state index contributed by atoms with van der Waals surface area (Å²) in [6, 6.07) is 0. The van der Waals surface area contributed by atoms with Crippen molar-refractivity contribution in [3.05, 3.63) is 0 Å². The highest BCUT2D eigenvalue weighted by atomic mass is 28.3. The normalized spacial score (nSPS) is 45.2. The first-order chi connectivity index (χ1) is 7.41. The minimum absolute atomic E-state index is 0.963. The molecule has 0 aliphatic heterocycles. The van der Waals surface area contributed by atoms with E-state index in [1.54, 1.807) is 25.7 Å². The summed E-state index contributed by atoms with van der Waals surface area (Å²) < 4.78 is 0. The maximum atomic E-state index is 2.70. The smallest absolute Gasteiger partial charge is 0.0536 e. The predicted molar refractivity (Wildman–Crippen MR) is 75.6 cm³/mol. The Kier molecular flexibility index (Phi) is 3.54. The Morgan fingerprint density at radius 1 is 0.750 bits per heavy atom. The average molecular weight is 238 g/mol. The molecule has 0 radical (unpaired) electrons. The van der Waals surface area contributed by atoms with E-state index in [0.717, 1.165) is 28.8 Å². The van der Waals surface area contributed by atoms with Gasteiger partial charge in [-0.05, 0) is 41.7 Å². The van der Waals surface area contributed by atoms with Gasteiger partial charge in [0.05, 0.1) is 8.07 Å². The molecule has 2 unspecified atom stereocenters. The molecule has 94 valence electrons. The number of hydrogen-bond donors (Lipinski definition) is 0. The zero-order valence-electron chi connectivity index (χ0n) is 11.9. The number of rotatable bonds is 2. The van der Waals surface area contributed by atoms with Crippen LogP contribution in [0.4, 0.5) is 0 Å². The lowest BCUT2D eigenvalue weighted by Gasteiger charge is -2.36. The van der Waals surface area contributed by atoms with Crippen LogP contribution in [-0.2, 0) is 0 Å². The standard InChI is InChI=1S/C15H30Si/c1-11-6-7-14(8-11)16(4,5)15-9-12(2)13(3)10-15/h11-15H,6-10H2,1-5H3/t11-,12+,13?,14-,15?/m0/s1. The third-order valence-corrected chi connectivity index (χ3v) is 11.3. The molecule has 0 heterocycles. The zero-order chi connectivity index (χ0) is 11.9. The molecule has 2 fully saturated rings. The molecule has 0 amide bonds. The second-order valence-electron chi connectivity index (χ2n) is 7.56. The molecule has 2 rings (SSSR count). The fourth-order valence-corrected chi connectivity index (χ4v) is 8.83. The quantitative estimate of drug-likeness (QED) is 0.571. The lowest BCUT2D eigenvalue weighted by Crippen LogP contribution is -2.36. The monoisotopic (exact) mass is 238 g/mol. The van der Waals surface area contributed by atoms with Gasteiger partial charge in [-0.3, -0.25) is 0 Å². The lowest BCUT2D eigenvalue weighted by molar-refractivity contribution is 0.457. The van der Waals surface area contributed by atoms with Crippen molar-refractivity contribution in [2.75, 3.05) is 0 Å². The molecule has 0 aromatic heterocycles. The summed E-state index contributed by atoms with van der Waals surface area (Å²) in [5.41, 5.74) is 2.28. The molecule has 2 aliphatic carbocycles. The minimum atomic E-state index is -0.963. The maximum absolute atomic E-state index is 2.70. The summed E-state index contributed by atoms with van der Waals surface area (Å²) >= 11 is 0. The van der Waals surface area contributed by atoms with Gasteiger partial charge in [-0.15, -0.1) is 0 Å². The molecule has 0 aromatic rings. The van der Waals surface area contributed by atoms with Gasteiger partial charge in [0.25, 0.3) is 0 Å². The van der Waals surface area contributed by atoms with Crippen LogP contribution < -0.4 is 0 Å². The van der Waals surface area contributed by atoms with E-state index in [4.69, 9.17) is 0 Å². The molecule has 0 nitrogen and oxygen atoms in total. The van der Waals surface area contributed by atoms with Gasteiger partial charge in [0.1, 0.15) is 0 Å². The van der Waals surface area contributed by atoms with E-state index in [0.29, 0.717) is 0 Å². The Morgan fingerprint density at radius 2 is 1.31 bits per heavy atom. The highest BCUT2D eigenvalue weighted by Gasteiger charge is 2.45. The Labute approximate surface area is 103 Å². The van der Waals surface area contributed by atoms with E-state index in [2.05, 4.69) is 33.9 Å². The van der Waals surface area contributed by atoms with Crippen molar-refractivity contribution in [3.63, 3.8) is 0 Å². The fourth-order valence-electron chi connectivity index (χ4n) is 4.28. The zero-order valence-corrected chi connectivity index (χ0v) is 12.9. The SMILES string of the molecule is CC1CC([Si](C)(C)[C@H]2CC[C@H](C)C2)C[C@H]1C. The van der Waals surface area contributed by atoms with E-state index in [1.165, 1.54) is 6.42 Å². The summed E-state index contributed by atoms with van der Waals surface area (Å²) in [6.45, 7) is 12.8. The van der Waals surface area contributed by atoms with E-state index in [-0.39, 0.29) is 0 Å². The van der Waals surface area contributed by atoms with Gasteiger partial charge in [0, 0.05) is 0 Å². The van der Waals surface area contributed by atoms with E-state index in [1.807, 2.05) is 0 Å². The topological polar surface area (TPSA) is 0 Å². The Hall–Kier alpha value is 0.217. The number of hydrogen-bond acceptors (Lipinski definition) is 0. The first-order valence-electron chi connectivity index (χ1n) is 7.41. The van der Waals surface area contributed by atoms with Gasteiger partial charge < -0.3 is 0 Å². The van der Waals surface area contributed by atoms with Crippen molar-refractivity contribution in [3.8, 4) is 0 Å². The first-order valence-corrected chi connectivity index (χ1v) is 10.6. The summed E-state index contributed by atoms with van der Waals surface area (Å²) in [5.74, 6) is 3.01. The second kappa shape index (κ2) is 4.47. The molecule has 0 aromatic carbocycles. The molecule has 16 heavy (non-hydrogen) atoms. The van der Waals surface area contributed by atoms with Crippen molar-refractivity contribution in [2.24, 2.45) is 17.8 Å². The molecular weight excluding hydrogens is 208 g/mol. The fraction of sp³-hybridized carbons (Fsp3) is 1.00. The molecule has 1 heteroatoms. The van der Waals surface area contributed by atoms with Crippen molar-refractivity contribution in [1.29, 1.82) is 0 Å². The van der Waals surface area contributed by atoms with Gasteiger partial charge in [-0.25, -0.2) is 0 Å². The van der Waals surface area contributed by atoms with Crippen LogP contribution >= 0.6 is 0 Å². The molecule has 0 spiro atoms. The van der Waals surface area contributed by atoms with E-state index < -0.39 is 8.07 Å². The third-order valence-electron chi connectivity index (χ3n) is 6.08. The van der Waals surface area contributed by atoms with E-state index in [9.17, 15) is 0 Å². The van der Waals surface area contributed by atoms with Crippen molar-refractivity contribution < 1.29 is 0 Å². The van der Waals surface area contributed by atoms with Crippen LogP contribution in [-0.4, -0.2) is 8.07 Å². The highest BCUT2D eigenvalue weighted by molar-refractivity contribution is 6.80.